The molecule has 0 amide bonds. The summed E-state index contributed by atoms with van der Waals surface area (Å²) in [5.74, 6) is 1.41. The van der Waals surface area contributed by atoms with Gasteiger partial charge in [-0.15, -0.1) is 11.6 Å². The van der Waals surface area contributed by atoms with Gasteiger partial charge < -0.3 is 0 Å². The second-order valence-corrected chi connectivity index (χ2v) is 2.87. The number of hydrogen-bond acceptors (Lipinski definition) is 2. The minimum Gasteiger partial charge on any atom is -0.241 e. The standard InChI is InChI=1S/C9H13ClN2/c1-3-8-7(5-10)6-11-9(4-2)12-8/h6H,3-5H2,1-2H3. The third-order valence-electron chi connectivity index (χ3n) is 1.80. The van der Waals surface area contributed by atoms with E-state index in [1.807, 2.05) is 6.20 Å². The molecule has 0 N–H and O–H groups in total. The normalized spacial score (nSPS) is 10.2. The summed E-state index contributed by atoms with van der Waals surface area (Å²) in [7, 11) is 0. The van der Waals surface area contributed by atoms with Crippen LogP contribution in [0, 0.1) is 0 Å². The van der Waals surface area contributed by atoms with E-state index in [1.54, 1.807) is 0 Å². The van der Waals surface area contributed by atoms with Crippen LogP contribution in [0.2, 0.25) is 0 Å². The first-order valence-electron chi connectivity index (χ1n) is 4.21. The van der Waals surface area contributed by atoms with Crippen molar-refractivity contribution < 1.29 is 0 Å². The van der Waals surface area contributed by atoms with E-state index >= 15 is 0 Å². The molecular weight excluding hydrogens is 172 g/mol. The molecule has 1 rings (SSSR count). The zero-order chi connectivity index (χ0) is 8.97. The highest BCUT2D eigenvalue weighted by Gasteiger charge is 2.02. The Labute approximate surface area is 78.0 Å². The third kappa shape index (κ3) is 1.95. The summed E-state index contributed by atoms with van der Waals surface area (Å²) >= 11 is 5.73. The molecule has 0 radical (unpaired) electrons. The van der Waals surface area contributed by atoms with Crippen LogP contribution in [0.1, 0.15) is 30.9 Å². The fraction of sp³-hybridized carbons (Fsp3) is 0.556. The highest BCUT2D eigenvalue weighted by Crippen LogP contribution is 2.09. The van der Waals surface area contributed by atoms with Crippen LogP contribution in [0.25, 0.3) is 0 Å². The molecule has 1 aromatic rings. The molecule has 0 aliphatic rings. The summed E-state index contributed by atoms with van der Waals surface area (Å²) in [5.41, 5.74) is 2.13. The summed E-state index contributed by atoms with van der Waals surface area (Å²) in [6, 6.07) is 0. The van der Waals surface area contributed by atoms with E-state index in [-0.39, 0.29) is 0 Å². The molecule has 0 saturated heterocycles. The Morgan fingerprint density at radius 3 is 2.58 bits per heavy atom. The summed E-state index contributed by atoms with van der Waals surface area (Å²) in [4.78, 5) is 8.57. The van der Waals surface area contributed by atoms with E-state index in [2.05, 4.69) is 23.8 Å². The quantitative estimate of drug-likeness (QED) is 0.674. The van der Waals surface area contributed by atoms with Gasteiger partial charge in [0.25, 0.3) is 0 Å². The zero-order valence-corrected chi connectivity index (χ0v) is 8.23. The van der Waals surface area contributed by atoms with Crippen molar-refractivity contribution in [3.05, 3.63) is 23.3 Å². The molecule has 0 bridgehead atoms. The Balaban J connectivity index is 3.02. The van der Waals surface area contributed by atoms with Gasteiger partial charge in [0.15, 0.2) is 0 Å². The van der Waals surface area contributed by atoms with Gasteiger partial charge in [-0.2, -0.15) is 0 Å². The van der Waals surface area contributed by atoms with Gasteiger partial charge in [-0.25, -0.2) is 9.97 Å². The summed E-state index contributed by atoms with van der Waals surface area (Å²) in [6.07, 6.45) is 3.64. The number of aryl methyl sites for hydroxylation is 2. The fourth-order valence-electron chi connectivity index (χ4n) is 1.07. The van der Waals surface area contributed by atoms with Crippen LogP contribution < -0.4 is 0 Å². The molecule has 0 atom stereocenters. The van der Waals surface area contributed by atoms with Crippen molar-refractivity contribution in [2.24, 2.45) is 0 Å². The van der Waals surface area contributed by atoms with E-state index in [9.17, 15) is 0 Å². The predicted octanol–water partition coefficient (Wildman–Crippen LogP) is 2.34. The van der Waals surface area contributed by atoms with E-state index in [4.69, 9.17) is 11.6 Å². The molecule has 12 heavy (non-hydrogen) atoms. The molecule has 1 aromatic heterocycles. The van der Waals surface area contributed by atoms with Gasteiger partial charge in [0.2, 0.25) is 0 Å². The molecule has 0 unspecified atom stereocenters. The van der Waals surface area contributed by atoms with Gasteiger partial charge in [-0.3, -0.25) is 0 Å². The van der Waals surface area contributed by atoms with Crippen molar-refractivity contribution in [3.8, 4) is 0 Å². The molecule has 0 aliphatic heterocycles. The Morgan fingerprint density at radius 2 is 2.08 bits per heavy atom. The van der Waals surface area contributed by atoms with E-state index in [0.717, 1.165) is 29.9 Å². The Hall–Kier alpha value is -0.630. The van der Waals surface area contributed by atoms with Crippen molar-refractivity contribution in [1.29, 1.82) is 0 Å². The lowest BCUT2D eigenvalue weighted by Gasteiger charge is -2.04. The number of alkyl halides is 1. The van der Waals surface area contributed by atoms with Crippen LogP contribution in [0.4, 0.5) is 0 Å². The average Bonchev–Trinajstić information content (AvgIpc) is 2.16. The minimum atomic E-state index is 0.507. The first kappa shape index (κ1) is 9.46. The maximum Gasteiger partial charge on any atom is 0.128 e. The number of hydrogen-bond donors (Lipinski definition) is 0. The van der Waals surface area contributed by atoms with E-state index < -0.39 is 0 Å². The minimum absolute atomic E-state index is 0.507. The highest BCUT2D eigenvalue weighted by atomic mass is 35.5. The summed E-state index contributed by atoms with van der Waals surface area (Å²) < 4.78 is 0. The molecule has 0 aromatic carbocycles. The van der Waals surface area contributed by atoms with Gasteiger partial charge in [0.1, 0.15) is 5.82 Å². The maximum absolute atomic E-state index is 5.73. The van der Waals surface area contributed by atoms with Gasteiger partial charge in [-0.05, 0) is 6.42 Å². The maximum atomic E-state index is 5.73. The van der Waals surface area contributed by atoms with Gasteiger partial charge in [-0.1, -0.05) is 13.8 Å². The van der Waals surface area contributed by atoms with Crippen molar-refractivity contribution in [2.75, 3.05) is 0 Å². The third-order valence-corrected chi connectivity index (χ3v) is 2.09. The predicted molar refractivity (Wildman–Crippen MR) is 50.3 cm³/mol. The molecular formula is C9H13ClN2. The number of nitrogens with zero attached hydrogens (tertiary/aromatic N) is 2. The van der Waals surface area contributed by atoms with E-state index in [0.29, 0.717) is 5.88 Å². The topological polar surface area (TPSA) is 25.8 Å². The second kappa shape index (κ2) is 4.41. The van der Waals surface area contributed by atoms with E-state index in [1.165, 1.54) is 0 Å². The Bertz CT molecular complexity index is 261. The Kier molecular flexibility index (Phi) is 3.48. The highest BCUT2D eigenvalue weighted by molar-refractivity contribution is 6.17. The molecule has 0 aliphatic carbocycles. The largest absolute Gasteiger partial charge is 0.241 e. The van der Waals surface area contributed by atoms with Crippen molar-refractivity contribution in [3.63, 3.8) is 0 Å². The lowest BCUT2D eigenvalue weighted by molar-refractivity contribution is 0.869. The zero-order valence-electron chi connectivity index (χ0n) is 7.47. The summed E-state index contributed by atoms with van der Waals surface area (Å²) in [5, 5.41) is 0. The monoisotopic (exact) mass is 184 g/mol. The average molecular weight is 185 g/mol. The van der Waals surface area contributed by atoms with Gasteiger partial charge >= 0.3 is 0 Å². The molecule has 66 valence electrons. The molecule has 2 nitrogen and oxygen atoms in total. The van der Waals surface area contributed by atoms with Gasteiger partial charge in [0.05, 0.1) is 5.88 Å². The lowest BCUT2D eigenvalue weighted by atomic mass is 10.2. The van der Waals surface area contributed by atoms with Gasteiger partial charge in [0, 0.05) is 23.9 Å². The second-order valence-electron chi connectivity index (χ2n) is 2.60. The van der Waals surface area contributed by atoms with Crippen LogP contribution in [0.3, 0.4) is 0 Å². The van der Waals surface area contributed by atoms with Crippen LogP contribution in [0.5, 0.6) is 0 Å². The van der Waals surface area contributed by atoms with Crippen molar-refractivity contribution >= 4 is 11.6 Å². The molecule has 1 heterocycles. The van der Waals surface area contributed by atoms with Crippen LogP contribution in [0.15, 0.2) is 6.20 Å². The lowest BCUT2D eigenvalue weighted by Crippen LogP contribution is -2.01. The van der Waals surface area contributed by atoms with Crippen molar-refractivity contribution in [1.82, 2.24) is 9.97 Å². The first-order chi connectivity index (χ1) is 5.81. The van der Waals surface area contributed by atoms with Crippen LogP contribution in [-0.2, 0) is 18.7 Å². The SMILES string of the molecule is CCc1ncc(CCl)c(CC)n1. The first-order valence-corrected chi connectivity index (χ1v) is 4.74. The molecule has 0 saturated carbocycles. The molecule has 3 heteroatoms. The fourth-order valence-corrected chi connectivity index (χ4v) is 1.29. The molecule has 0 fully saturated rings. The van der Waals surface area contributed by atoms with Crippen molar-refractivity contribution in [2.45, 2.75) is 32.6 Å². The van der Waals surface area contributed by atoms with Crippen LogP contribution in [-0.4, -0.2) is 9.97 Å². The Morgan fingerprint density at radius 1 is 1.33 bits per heavy atom. The number of rotatable bonds is 3. The summed E-state index contributed by atoms with van der Waals surface area (Å²) in [6.45, 7) is 4.13. The van der Waals surface area contributed by atoms with Crippen LogP contribution >= 0.6 is 11.6 Å². The molecule has 0 spiro atoms. The smallest absolute Gasteiger partial charge is 0.128 e. The number of halogens is 1. The number of aromatic nitrogens is 2.